The summed E-state index contributed by atoms with van der Waals surface area (Å²) >= 11 is 0.142. The van der Waals surface area contributed by atoms with Gasteiger partial charge in [0.05, 0.1) is 4.88 Å². The molecule has 1 aromatic rings. The van der Waals surface area contributed by atoms with Gasteiger partial charge in [-0.3, -0.25) is 4.79 Å². The molecule has 0 aliphatic rings. The van der Waals surface area contributed by atoms with Crippen LogP contribution >= 0.6 is 11.3 Å². The molecule has 0 aliphatic carbocycles. The summed E-state index contributed by atoms with van der Waals surface area (Å²) in [7, 11) is -3.63. The van der Waals surface area contributed by atoms with Crippen molar-refractivity contribution in [1.82, 2.24) is 4.98 Å². The smallest absolute Gasteiger partial charge is 0.292 e. The number of carbonyl (C=O) groups excluding carboxylic acids is 1. The molecular weight excluding hydrogens is 279 g/mol. The lowest BCUT2D eigenvalue weighted by atomic mass is 10.3. The van der Waals surface area contributed by atoms with E-state index in [1.165, 1.54) is 0 Å². The molecule has 17 heavy (non-hydrogen) atoms. The third kappa shape index (κ3) is 3.25. The molecule has 0 spiro atoms. The highest BCUT2D eigenvalue weighted by Gasteiger charge is 2.36. The predicted molar refractivity (Wildman–Crippen MR) is 55.8 cm³/mol. The summed E-state index contributed by atoms with van der Waals surface area (Å²) < 4.78 is 58.8. The van der Waals surface area contributed by atoms with Crippen molar-refractivity contribution in [2.24, 2.45) is 0 Å². The molecule has 1 aromatic heterocycles. The van der Waals surface area contributed by atoms with Crippen LogP contribution in [0.25, 0.3) is 0 Å². The summed E-state index contributed by atoms with van der Waals surface area (Å²) in [6.07, 6.45) is -3.03. The van der Waals surface area contributed by atoms with Gasteiger partial charge in [0.1, 0.15) is 5.25 Å². The van der Waals surface area contributed by atoms with Crippen LogP contribution in [0.3, 0.4) is 0 Å². The number of rotatable bonds is 3. The Morgan fingerprint density at radius 3 is 2.35 bits per heavy atom. The highest BCUT2D eigenvalue weighted by atomic mass is 32.2. The quantitative estimate of drug-likeness (QED) is 0.795. The third-order valence-corrected chi connectivity index (χ3v) is 4.56. The topological polar surface area (TPSA) is 64.1 Å². The third-order valence-electron chi connectivity index (χ3n) is 2.00. The summed E-state index contributed by atoms with van der Waals surface area (Å²) in [6, 6.07) is 0. The van der Waals surface area contributed by atoms with E-state index in [-0.39, 0.29) is 16.2 Å². The second-order valence-electron chi connectivity index (χ2n) is 3.36. The van der Waals surface area contributed by atoms with Crippen LogP contribution in [0.15, 0.2) is 6.20 Å². The maximum atomic E-state index is 12.2. The van der Waals surface area contributed by atoms with Gasteiger partial charge in [-0.25, -0.2) is 13.4 Å². The van der Waals surface area contributed by atoms with Gasteiger partial charge in [-0.15, -0.1) is 11.3 Å². The second kappa shape index (κ2) is 4.37. The molecule has 0 bridgehead atoms. The van der Waals surface area contributed by atoms with Crippen LogP contribution in [0.1, 0.15) is 21.6 Å². The fourth-order valence-electron chi connectivity index (χ4n) is 0.914. The number of halogens is 3. The number of alkyl halides is 3. The monoisotopic (exact) mass is 287 g/mol. The molecule has 1 rings (SSSR count). The van der Waals surface area contributed by atoms with Gasteiger partial charge in [-0.1, -0.05) is 0 Å². The molecule has 1 heterocycles. The lowest BCUT2D eigenvalue weighted by molar-refractivity contribution is -0.137. The minimum atomic E-state index is -4.63. The van der Waals surface area contributed by atoms with Crippen LogP contribution in [0.2, 0.25) is 0 Å². The van der Waals surface area contributed by atoms with Crippen LogP contribution < -0.4 is 0 Å². The van der Waals surface area contributed by atoms with E-state index in [1.54, 1.807) is 0 Å². The van der Waals surface area contributed by atoms with E-state index in [9.17, 15) is 26.4 Å². The Morgan fingerprint density at radius 1 is 1.47 bits per heavy atom. The number of Topliss-reactive ketones (excluding diaryl/α,β-unsaturated/α-hetero) is 1. The summed E-state index contributed by atoms with van der Waals surface area (Å²) in [5, 5.41) is -2.54. The Labute approximate surface area is 99.4 Å². The molecule has 0 N–H and O–H groups in total. The van der Waals surface area contributed by atoms with E-state index in [4.69, 9.17) is 0 Å². The van der Waals surface area contributed by atoms with Gasteiger partial charge in [0, 0.05) is 12.5 Å². The molecule has 1 unspecified atom stereocenters. The van der Waals surface area contributed by atoms with E-state index in [0.717, 1.165) is 19.4 Å². The largest absolute Gasteiger partial charge is 0.443 e. The molecule has 0 aliphatic heterocycles. The van der Waals surface area contributed by atoms with Crippen molar-refractivity contribution < 1.29 is 26.4 Å². The van der Waals surface area contributed by atoms with E-state index in [2.05, 4.69) is 4.98 Å². The van der Waals surface area contributed by atoms with Crippen LogP contribution in [-0.2, 0) is 16.0 Å². The van der Waals surface area contributed by atoms with E-state index >= 15 is 0 Å². The zero-order valence-electron chi connectivity index (χ0n) is 8.78. The van der Waals surface area contributed by atoms with Crippen molar-refractivity contribution in [2.75, 3.05) is 6.26 Å². The van der Waals surface area contributed by atoms with Crippen molar-refractivity contribution in [3.8, 4) is 0 Å². The zero-order valence-corrected chi connectivity index (χ0v) is 10.4. The number of thiazole rings is 1. The number of sulfone groups is 1. The second-order valence-corrected chi connectivity index (χ2v) is 6.76. The molecule has 9 heteroatoms. The van der Waals surface area contributed by atoms with Gasteiger partial charge in [0.15, 0.2) is 20.6 Å². The van der Waals surface area contributed by atoms with Crippen molar-refractivity contribution in [3.05, 3.63) is 16.1 Å². The first-order valence-electron chi connectivity index (χ1n) is 4.29. The molecule has 0 fully saturated rings. The minimum absolute atomic E-state index is 0.142. The van der Waals surface area contributed by atoms with Crippen LogP contribution in [0, 0.1) is 0 Å². The summed E-state index contributed by atoms with van der Waals surface area (Å²) in [5.74, 6) is -0.875. The van der Waals surface area contributed by atoms with Gasteiger partial charge in [-0.05, 0) is 6.92 Å². The van der Waals surface area contributed by atoms with Gasteiger partial charge in [0.2, 0.25) is 0 Å². The lowest BCUT2D eigenvalue weighted by Gasteiger charge is -2.05. The summed E-state index contributed by atoms with van der Waals surface area (Å²) in [6.45, 7) is 1.13. The number of hydrogen-bond donors (Lipinski definition) is 0. The number of hydrogen-bond acceptors (Lipinski definition) is 5. The number of nitrogens with zero attached hydrogens (tertiary/aromatic N) is 1. The fraction of sp³-hybridized carbons (Fsp3) is 0.500. The number of carbonyl (C=O) groups is 1. The van der Waals surface area contributed by atoms with Crippen molar-refractivity contribution >= 4 is 27.0 Å². The Balaban J connectivity index is 3.04. The van der Waals surface area contributed by atoms with E-state index in [0.29, 0.717) is 0 Å². The first kappa shape index (κ1) is 14.1. The highest BCUT2D eigenvalue weighted by molar-refractivity contribution is 7.92. The average Bonchev–Trinajstić information content (AvgIpc) is 2.61. The fourth-order valence-corrected chi connectivity index (χ4v) is 2.32. The first-order valence-corrected chi connectivity index (χ1v) is 7.06. The molecule has 0 aromatic carbocycles. The minimum Gasteiger partial charge on any atom is -0.292 e. The molecule has 0 saturated carbocycles. The lowest BCUT2D eigenvalue weighted by Crippen LogP contribution is -2.25. The van der Waals surface area contributed by atoms with Crippen molar-refractivity contribution in [1.29, 1.82) is 0 Å². The SMILES string of the molecule is CC(C(=O)c1cnc(C(F)(F)F)s1)S(C)(=O)=O. The van der Waals surface area contributed by atoms with Crippen molar-refractivity contribution in [2.45, 2.75) is 18.3 Å². The van der Waals surface area contributed by atoms with E-state index < -0.39 is 32.1 Å². The molecule has 4 nitrogen and oxygen atoms in total. The highest BCUT2D eigenvalue weighted by Crippen LogP contribution is 2.32. The van der Waals surface area contributed by atoms with Gasteiger partial charge in [-0.2, -0.15) is 13.2 Å². The molecule has 1 atom stereocenters. The van der Waals surface area contributed by atoms with E-state index in [1.807, 2.05) is 0 Å². The maximum Gasteiger partial charge on any atom is 0.443 e. The van der Waals surface area contributed by atoms with Crippen LogP contribution in [0.4, 0.5) is 13.2 Å². The summed E-state index contributed by atoms with van der Waals surface area (Å²) in [4.78, 5) is 14.3. The zero-order chi connectivity index (χ0) is 13.4. The molecular formula is C8H8F3NO3S2. The Morgan fingerprint density at radius 2 is 2.00 bits per heavy atom. The average molecular weight is 287 g/mol. The molecule has 0 saturated heterocycles. The van der Waals surface area contributed by atoms with Gasteiger partial charge >= 0.3 is 6.18 Å². The molecule has 0 amide bonds. The normalized spacial score (nSPS) is 14.6. The Bertz CT molecular complexity index is 532. The number of aromatic nitrogens is 1. The van der Waals surface area contributed by atoms with Gasteiger partial charge in [0.25, 0.3) is 0 Å². The first-order chi connectivity index (χ1) is 7.53. The van der Waals surface area contributed by atoms with Crippen molar-refractivity contribution in [3.63, 3.8) is 0 Å². The van der Waals surface area contributed by atoms with Crippen LogP contribution in [-0.4, -0.2) is 30.7 Å². The Hall–Kier alpha value is -0.960. The van der Waals surface area contributed by atoms with Gasteiger partial charge < -0.3 is 0 Å². The Kier molecular flexibility index (Phi) is 3.63. The predicted octanol–water partition coefficient (Wildman–Crippen LogP) is 1.78. The standard InChI is InChI=1S/C8H8F3NO3S2/c1-4(17(2,14)15)6(13)5-3-12-7(16-5)8(9,10)11/h3-4H,1-2H3. The number of ketones is 1. The molecule has 96 valence electrons. The summed E-state index contributed by atoms with van der Waals surface area (Å²) in [5.41, 5.74) is 0. The van der Waals surface area contributed by atoms with Crippen LogP contribution in [0.5, 0.6) is 0 Å². The maximum absolute atomic E-state index is 12.2. The molecule has 0 radical (unpaired) electrons.